The molecule has 0 saturated heterocycles. The Labute approximate surface area is 114 Å². The third kappa shape index (κ3) is 2.87. The molecule has 1 atom stereocenters. The van der Waals surface area contributed by atoms with Crippen LogP contribution in [-0.4, -0.2) is 14.9 Å². The summed E-state index contributed by atoms with van der Waals surface area (Å²) < 4.78 is 1.77. The van der Waals surface area contributed by atoms with E-state index in [0.29, 0.717) is 0 Å². The zero-order valence-electron chi connectivity index (χ0n) is 12.3. The molecule has 1 aromatic carbocycles. The summed E-state index contributed by atoms with van der Waals surface area (Å²) in [6.45, 7) is 8.37. The lowest BCUT2D eigenvalue weighted by molar-refractivity contribution is 0.217. The highest BCUT2D eigenvalue weighted by Gasteiger charge is 2.26. The van der Waals surface area contributed by atoms with Gasteiger partial charge in [-0.05, 0) is 12.5 Å². The zero-order valence-corrected chi connectivity index (χ0v) is 12.3. The zero-order chi connectivity index (χ0) is 14.2. The number of hydrogen-bond acceptors (Lipinski definition) is 2. The molecule has 102 valence electrons. The number of aryl methyl sites for hydroxylation is 2. The Morgan fingerprint density at radius 3 is 2.53 bits per heavy atom. The van der Waals surface area contributed by atoms with Crippen molar-refractivity contribution in [1.82, 2.24) is 9.78 Å². The number of aliphatic hydroxyl groups is 1. The molecule has 0 saturated carbocycles. The highest BCUT2D eigenvalue weighted by atomic mass is 16.3. The molecule has 0 radical (unpaired) electrons. The lowest BCUT2D eigenvalue weighted by atomic mass is 9.87. The maximum absolute atomic E-state index is 10.6. The summed E-state index contributed by atoms with van der Waals surface area (Å²) in [5.41, 5.74) is 3.82. The van der Waals surface area contributed by atoms with Crippen LogP contribution < -0.4 is 0 Å². The monoisotopic (exact) mass is 258 g/mol. The fraction of sp³-hybridized carbons (Fsp3) is 0.438. The van der Waals surface area contributed by atoms with E-state index in [1.807, 2.05) is 44.4 Å². The summed E-state index contributed by atoms with van der Waals surface area (Å²) in [5.74, 6) is 0. The molecule has 0 bridgehead atoms. The average molecular weight is 258 g/mol. The van der Waals surface area contributed by atoms with E-state index < -0.39 is 6.10 Å². The summed E-state index contributed by atoms with van der Waals surface area (Å²) in [6, 6.07) is 7.98. The van der Waals surface area contributed by atoms with E-state index in [0.717, 1.165) is 22.4 Å². The molecular formula is C16H22N2O. The van der Waals surface area contributed by atoms with Crippen molar-refractivity contribution in [3.05, 3.63) is 52.8 Å². The molecule has 0 aliphatic carbocycles. The standard InChI is InChI=1S/C16H22N2O/c1-11-7-6-8-12(9-11)14(19)13-10-18(5)17-15(13)16(2,3)4/h6-10,14,19H,1-5H3. The predicted molar refractivity (Wildman–Crippen MR) is 77.1 cm³/mol. The minimum absolute atomic E-state index is 0.0819. The number of nitrogens with zero attached hydrogens (tertiary/aromatic N) is 2. The maximum Gasteiger partial charge on any atom is 0.107 e. The minimum atomic E-state index is -0.622. The summed E-state index contributed by atoms with van der Waals surface area (Å²) in [5, 5.41) is 15.1. The fourth-order valence-corrected chi connectivity index (χ4v) is 2.31. The van der Waals surface area contributed by atoms with Gasteiger partial charge in [-0.25, -0.2) is 0 Å². The first kappa shape index (κ1) is 13.8. The van der Waals surface area contributed by atoms with Crippen LogP contribution in [0.25, 0.3) is 0 Å². The van der Waals surface area contributed by atoms with E-state index in [2.05, 4.69) is 25.9 Å². The van der Waals surface area contributed by atoms with Gasteiger partial charge >= 0.3 is 0 Å². The van der Waals surface area contributed by atoms with Gasteiger partial charge in [-0.15, -0.1) is 0 Å². The van der Waals surface area contributed by atoms with Crippen LogP contribution in [0.1, 0.15) is 49.3 Å². The quantitative estimate of drug-likeness (QED) is 0.898. The summed E-state index contributed by atoms with van der Waals surface area (Å²) in [7, 11) is 1.89. The SMILES string of the molecule is Cc1cccc(C(O)c2cn(C)nc2C(C)(C)C)c1. The van der Waals surface area contributed by atoms with Crippen molar-refractivity contribution < 1.29 is 5.11 Å². The first-order valence-corrected chi connectivity index (χ1v) is 6.57. The molecule has 1 heterocycles. The van der Waals surface area contributed by atoms with Gasteiger partial charge in [0.15, 0.2) is 0 Å². The van der Waals surface area contributed by atoms with Crippen molar-refractivity contribution in [1.29, 1.82) is 0 Å². The van der Waals surface area contributed by atoms with Gasteiger partial charge in [0, 0.05) is 24.2 Å². The van der Waals surface area contributed by atoms with Crippen molar-refractivity contribution in [2.24, 2.45) is 7.05 Å². The number of benzene rings is 1. The van der Waals surface area contributed by atoms with E-state index in [1.54, 1.807) is 4.68 Å². The van der Waals surface area contributed by atoms with Crippen molar-refractivity contribution in [2.45, 2.75) is 39.2 Å². The van der Waals surface area contributed by atoms with Crippen LogP contribution in [0.2, 0.25) is 0 Å². The molecule has 3 heteroatoms. The fourth-order valence-electron chi connectivity index (χ4n) is 2.31. The van der Waals surface area contributed by atoms with Crippen LogP contribution in [0.5, 0.6) is 0 Å². The van der Waals surface area contributed by atoms with Gasteiger partial charge < -0.3 is 5.11 Å². The molecule has 0 amide bonds. The predicted octanol–water partition coefficient (Wildman–Crippen LogP) is 3.11. The van der Waals surface area contributed by atoms with E-state index in [-0.39, 0.29) is 5.41 Å². The van der Waals surface area contributed by atoms with Gasteiger partial charge in [0.25, 0.3) is 0 Å². The topological polar surface area (TPSA) is 38.0 Å². The van der Waals surface area contributed by atoms with E-state index in [1.165, 1.54) is 0 Å². The summed E-state index contributed by atoms with van der Waals surface area (Å²) in [4.78, 5) is 0. The first-order chi connectivity index (χ1) is 8.79. The van der Waals surface area contributed by atoms with Crippen molar-refractivity contribution in [3.8, 4) is 0 Å². The smallest absolute Gasteiger partial charge is 0.107 e. The molecule has 3 nitrogen and oxygen atoms in total. The van der Waals surface area contributed by atoms with Crippen LogP contribution in [0.3, 0.4) is 0 Å². The van der Waals surface area contributed by atoms with Gasteiger partial charge in [-0.1, -0.05) is 50.6 Å². The minimum Gasteiger partial charge on any atom is -0.384 e. The van der Waals surface area contributed by atoms with Crippen LogP contribution in [0.15, 0.2) is 30.5 Å². The van der Waals surface area contributed by atoms with Gasteiger partial charge in [-0.3, -0.25) is 4.68 Å². The van der Waals surface area contributed by atoms with E-state index >= 15 is 0 Å². The maximum atomic E-state index is 10.6. The van der Waals surface area contributed by atoms with Gasteiger partial charge in [-0.2, -0.15) is 5.10 Å². The number of aromatic nitrogens is 2. The molecule has 1 unspecified atom stereocenters. The molecule has 0 aliphatic heterocycles. The second-order valence-electron chi connectivity index (χ2n) is 6.17. The molecule has 1 aromatic heterocycles. The Balaban J connectivity index is 2.47. The molecule has 2 aromatic rings. The molecule has 19 heavy (non-hydrogen) atoms. The molecule has 1 N–H and O–H groups in total. The molecule has 0 aliphatic rings. The van der Waals surface area contributed by atoms with Crippen LogP contribution in [0.4, 0.5) is 0 Å². The number of rotatable bonds is 2. The second-order valence-corrected chi connectivity index (χ2v) is 6.17. The van der Waals surface area contributed by atoms with Crippen molar-refractivity contribution in [3.63, 3.8) is 0 Å². The van der Waals surface area contributed by atoms with Gasteiger partial charge in [0.2, 0.25) is 0 Å². The van der Waals surface area contributed by atoms with Crippen LogP contribution >= 0.6 is 0 Å². The Kier molecular flexibility index (Phi) is 3.50. The number of hydrogen-bond donors (Lipinski definition) is 1. The number of aliphatic hydroxyl groups excluding tert-OH is 1. The third-order valence-corrected chi connectivity index (χ3v) is 3.22. The summed E-state index contributed by atoms with van der Waals surface area (Å²) in [6.07, 6.45) is 1.29. The Morgan fingerprint density at radius 2 is 1.95 bits per heavy atom. The van der Waals surface area contributed by atoms with Gasteiger partial charge in [0.1, 0.15) is 6.10 Å². The third-order valence-electron chi connectivity index (χ3n) is 3.22. The lowest BCUT2D eigenvalue weighted by Gasteiger charge is -2.20. The van der Waals surface area contributed by atoms with Crippen LogP contribution in [0, 0.1) is 6.92 Å². The van der Waals surface area contributed by atoms with E-state index in [4.69, 9.17) is 0 Å². The molecule has 0 spiro atoms. The highest BCUT2D eigenvalue weighted by molar-refractivity contribution is 5.35. The molecule has 0 fully saturated rings. The first-order valence-electron chi connectivity index (χ1n) is 6.57. The molecular weight excluding hydrogens is 236 g/mol. The van der Waals surface area contributed by atoms with Crippen molar-refractivity contribution in [2.75, 3.05) is 0 Å². The Hall–Kier alpha value is -1.61. The average Bonchev–Trinajstić information content (AvgIpc) is 2.70. The van der Waals surface area contributed by atoms with Crippen LogP contribution in [-0.2, 0) is 12.5 Å². The van der Waals surface area contributed by atoms with Crippen molar-refractivity contribution >= 4 is 0 Å². The highest BCUT2D eigenvalue weighted by Crippen LogP contribution is 2.31. The van der Waals surface area contributed by atoms with E-state index in [9.17, 15) is 5.11 Å². The largest absolute Gasteiger partial charge is 0.384 e. The molecule has 2 rings (SSSR count). The second kappa shape index (κ2) is 4.82. The summed E-state index contributed by atoms with van der Waals surface area (Å²) >= 11 is 0. The normalized spacial score (nSPS) is 13.6. The van der Waals surface area contributed by atoms with Gasteiger partial charge in [0.05, 0.1) is 5.69 Å². The lowest BCUT2D eigenvalue weighted by Crippen LogP contribution is -2.16. The Morgan fingerprint density at radius 1 is 1.26 bits per heavy atom. The Bertz CT molecular complexity index is 579.